The summed E-state index contributed by atoms with van der Waals surface area (Å²) in [5.41, 5.74) is 5.48. The van der Waals surface area contributed by atoms with E-state index in [-0.39, 0.29) is 5.83 Å². The van der Waals surface area contributed by atoms with Gasteiger partial charge in [-0.3, -0.25) is 0 Å². The lowest BCUT2D eigenvalue weighted by Gasteiger charge is -1.90. The predicted octanol–water partition coefficient (Wildman–Crippen LogP) is 1.72. The molecular weight excluding hydrogens is 105 g/mol. The maximum atomic E-state index is 12.2. The quantitative estimate of drug-likeness (QED) is 0.517. The molecule has 0 aromatic carbocycles. The topological polar surface area (TPSA) is 26.0 Å². The molecule has 1 nitrogen and oxygen atoms in total. The van der Waals surface area contributed by atoms with Crippen LogP contribution in [0.15, 0.2) is 23.7 Å². The van der Waals surface area contributed by atoms with Crippen LogP contribution in [0, 0.1) is 0 Å². The van der Waals surface area contributed by atoms with Crippen molar-refractivity contribution >= 4 is 0 Å². The SMILES string of the molecule is C/C=C(F)\C(C)=C/N. The van der Waals surface area contributed by atoms with Crippen LogP contribution in [-0.4, -0.2) is 0 Å². The third kappa shape index (κ3) is 1.78. The fourth-order valence-corrected chi connectivity index (χ4v) is 0.307. The molecule has 0 aromatic heterocycles. The van der Waals surface area contributed by atoms with Crippen LogP contribution >= 0.6 is 0 Å². The van der Waals surface area contributed by atoms with Gasteiger partial charge in [-0.25, -0.2) is 4.39 Å². The van der Waals surface area contributed by atoms with Crippen molar-refractivity contribution in [3.05, 3.63) is 23.7 Å². The number of hydrogen-bond donors (Lipinski definition) is 1. The van der Waals surface area contributed by atoms with Crippen molar-refractivity contribution in [2.24, 2.45) is 5.73 Å². The molecule has 0 saturated carbocycles. The molecule has 2 N–H and O–H groups in total. The Labute approximate surface area is 48.7 Å². The van der Waals surface area contributed by atoms with Gasteiger partial charge in [0.1, 0.15) is 5.83 Å². The summed E-state index contributed by atoms with van der Waals surface area (Å²) in [5.74, 6) is -0.257. The number of halogens is 1. The van der Waals surface area contributed by atoms with E-state index in [1.807, 2.05) is 0 Å². The fraction of sp³-hybridized carbons (Fsp3) is 0.333. The van der Waals surface area contributed by atoms with Gasteiger partial charge in [0.15, 0.2) is 0 Å². The smallest absolute Gasteiger partial charge is 0.123 e. The monoisotopic (exact) mass is 115 g/mol. The van der Waals surface area contributed by atoms with Crippen molar-refractivity contribution in [3.8, 4) is 0 Å². The molecule has 0 radical (unpaired) electrons. The Balaban J connectivity index is 4.04. The molecule has 46 valence electrons. The lowest BCUT2D eigenvalue weighted by atomic mass is 10.3. The summed E-state index contributed by atoms with van der Waals surface area (Å²) in [7, 11) is 0. The maximum absolute atomic E-state index is 12.2. The molecule has 0 aliphatic rings. The Morgan fingerprint density at radius 3 is 2.25 bits per heavy atom. The Kier molecular flexibility index (Phi) is 2.92. The molecule has 0 rings (SSSR count). The minimum atomic E-state index is -0.257. The normalized spacial score (nSPS) is 14.4. The van der Waals surface area contributed by atoms with Gasteiger partial charge in [-0.05, 0) is 25.6 Å². The van der Waals surface area contributed by atoms with Crippen LogP contribution in [0.2, 0.25) is 0 Å². The zero-order valence-corrected chi connectivity index (χ0v) is 5.11. The minimum absolute atomic E-state index is 0.257. The van der Waals surface area contributed by atoms with Gasteiger partial charge < -0.3 is 5.73 Å². The summed E-state index contributed by atoms with van der Waals surface area (Å²) >= 11 is 0. The highest BCUT2D eigenvalue weighted by Gasteiger charge is 1.90. The molecule has 0 heterocycles. The zero-order valence-electron chi connectivity index (χ0n) is 5.11. The highest BCUT2D eigenvalue weighted by molar-refractivity contribution is 5.20. The summed E-state index contributed by atoms with van der Waals surface area (Å²) in [4.78, 5) is 0. The van der Waals surface area contributed by atoms with E-state index in [0.717, 1.165) is 0 Å². The Morgan fingerprint density at radius 2 is 2.12 bits per heavy atom. The van der Waals surface area contributed by atoms with Crippen molar-refractivity contribution < 1.29 is 4.39 Å². The van der Waals surface area contributed by atoms with Gasteiger partial charge in [0, 0.05) is 0 Å². The maximum Gasteiger partial charge on any atom is 0.123 e. The van der Waals surface area contributed by atoms with Crippen LogP contribution in [0.25, 0.3) is 0 Å². The number of nitrogens with two attached hydrogens (primary N) is 1. The van der Waals surface area contributed by atoms with E-state index in [9.17, 15) is 4.39 Å². The third-order valence-electron chi connectivity index (χ3n) is 0.880. The molecule has 0 fully saturated rings. The van der Waals surface area contributed by atoms with E-state index in [1.165, 1.54) is 12.3 Å². The number of hydrogen-bond acceptors (Lipinski definition) is 1. The Bertz CT molecular complexity index is 108. The summed E-state index contributed by atoms with van der Waals surface area (Å²) < 4.78 is 12.2. The van der Waals surface area contributed by atoms with E-state index < -0.39 is 0 Å². The van der Waals surface area contributed by atoms with Crippen molar-refractivity contribution in [1.29, 1.82) is 0 Å². The van der Waals surface area contributed by atoms with E-state index in [0.29, 0.717) is 5.57 Å². The molecule has 0 aliphatic carbocycles. The van der Waals surface area contributed by atoms with Crippen molar-refractivity contribution in [3.63, 3.8) is 0 Å². The highest BCUT2D eigenvalue weighted by Crippen LogP contribution is 2.06. The summed E-state index contributed by atoms with van der Waals surface area (Å²) in [6.07, 6.45) is 2.62. The van der Waals surface area contributed by atoms with E-state index in [2.05, 4.69) is 0 Å². The summed E-state index contributed by atoms with van der Waals surface area (Å²) in [5, 5.41) is 0. The minimum Gasteiger partial charge on any atom is -0.404 e. The van der Waals surface area contributed by atoms with Gasteiger partial charge in [0.05, 0.1) is 0 Å². The number of rotatable bonds is 1. The molecule has 0 unspecified atom stereocenters. The average Bonchev–Trinajstić information content (AvgIpc) is 1.84. The first-order chi connectivity index (χ1) is 3.72. The van der Waals surface area contributed by atoms with Crippen LogP contribution in [0.4, 0.5) is 4.39 Å². The second-order valence-electron chi connectivity index (χ2n) is 1.49. The van der Waals surface area contributed by atoms with Crippen LogP contribution in [0.3, 0.4) is 0 Å². The average molecular weight is 115 g/mol. The molecule has 0 spiro atoms. The third-order valence-corrected chi connectivity index (χ3v) is 0.880. The molecule has 8 heavy (non-hydrogen) atoms. The number of allylic oxidation sites excluding steroid dienone is 3. The molecule has 0 saturated heterocycles. The predicted molar refractivity (Wildman–Crippen MR) is 32.8 cm³/mol. The van der Waals surface area contributed by atoms with Crippen molar-refractivity contribution in [2.45, 2.75) is 13.8 Å². The molecule has 0 bridgehead atoms. The lowest BCUT2D eigenvalue weighted by Crippen LogP contribution is -1.83. The second-order valence-corrected chi connectivity index (χ2v) is 1.49. The van der Waals surface area contributed by atoms with Crippen LogP contribution in [-0.2, 0) is 0 Å². The molecular formula is C6H10FN. The standard InChI is InChI=1S/C6H10FN/c1-3-6(7)5(2)4-8/h3-4H,8H2,1-2H3/b5-4-,6-3+. The van der Waals surface area contributed by atoms with Crippen LogP contribution < -0.4 is 5.73 Å². The first-order valence-electron chi connectivity index (χ1n) is 2.43. The lowest BCUT2D eigenvalue weighted by molar-refractivity contribution is 0.649. The van der Waals surface area contributed by atoms with Gasteiger partial charge in [0.25, 0.3) is 0 Å². The van der Waals surface area contributed by atoms with E-state index >= 15 is 0 Å². The first kappa shape index (κ1) is 7.21. The van der Waals surface area contributed by atoms with Gasteiger partial charge >= 0.3 is 0 Å². The second kappa shape index (κ2) is 3.24. The van der Waals surface area contributed by atoms with Crippen molar-refractivity contribution in [1.82, 2.24) is 0 Å². The van der Waals surface area contributed by atoms with E-state index in [1.54, 1.807) is 13.8 Å². The molecule has 2 heteroatoms. The van der Waals surface area contributed by atoms with Crippen molar-refractivity contribution in [2.75, 3.05) is 0 Å². The molecule has 0 amide bonds. The molecule has 0 atom stereocenters. The Hall–Kier alpha value is -0.790. The largest absolute Gasteiger partial charge is 0.404 e. The van der Waals surface area contributed by atoms with Crippen LogP contribution in [0.5, 0.6) is 0 Å². The summed E-state index contributed by atoms with van der Waals surface area (Å²) in [6.45, 7) is 3.25. The first-order valence-corrected chi connectivity index (χ1v) is 2.43. The van der Waals surface area contributed by atoms with E-state index in [4.69, 9.17) is 5.73 Å². The fourth-order valence-electron chi connectivity index (χ4n) is 0.307. The van der Waals surface area contributed by atoms with Gasteiger partial charge in [-0.1, -0.05) is 6.08 Å². The highest BCUT2D eigenvalue weighted by atomic mass is 19.1. The van der Waals surface area contributed by atoms with Gasteiger partial charge in [-0.2, -0.15) is 0 Å². The summed E-state index contributed by atoms with van der Waals surface area (Å²) in [6, 6.07) is 0. The van der Waals surface area contributed by atoms with Crippen LogP contribution in [0.1, 0.15) is 13.8 Å². The van der Waals surface area contributed by atoms with Gasteiger partial charge in [-0.15, -0.1) is 0 Å². The Morgan fingerprint density at radius 1 is 1.62 bits per heavy atom. The molecule has 0 aromatic rings. The zero-order chi connectivity index (χ0) is 6.57. The molecule has 0 aliphatic heterocycles. The van der Waals surface area contributed by atoms with Gasteiger partial charge in [0.2, 0.25) is 0 Å².